The number of nitrogens with one attached hydrogen (secondary N) is 1. The van der Waals surface area contributed by atoms with E-state index in [-0.39, 0.29) is 17.3 Å². The first-order valence-corrected chi connectivity index (χ1v) is 12.4. The maximum absolute atomic E-state index is 12.8. The SMILES string of the molecule is O=C(C=Cc1ccc(S(=O)(=O)N2CCCCCC2)cc1)OCC(=O)c1c[nH]c2ccccc12. The van der Waals surface area contributed by atoms with Gasteiger partial charge in [-0.2, -0.15) is 4.31 Å². The number of para-hydroxylation sites is 1. The van der Waals surface area contributed by atoms with E-state index in [0.29, 0.717) is 24.2 Å². The van der Waals surface area contributed by atoms with Crippen LogP contribution in [-0.4, -0.2) is 49.2 Å². The number of esters is 1. The summed E-state index contributed by atoms with van der Waals surface area (Å²) in [5.74, 6) is -0.943. The van der Waals surface area contributed by atoms with E-state index in [0.717, 1.165) is 36.6 Å². The molecule has 1 N–H and O–H groups in total. The molecule has 2 aromatic carbocycles. The number of nitrogens with zero attached hydrogens (tertiary/aromatic N) is 1. The van der Waals surface area contributed by atoms with E-state index in [4.69, 9.17) is 4.74 Å². The number of fused-ring (bicyclic) bond motifs is 1. The summed E-state index contributed by atoms with van der Waals surface area (Å²) in [6.07, 6.45) is 8.23. The fourth-order valence-electron chi connectivity index (χ4n) is 3.91. The van der Waals surface area contributed by atoms with Crippen molar-refractivity contribution in [1.82, 2.24) is 9.29 Å². The molecule has 7 nitrogen and oxygen atoms in total. The third kappa shape index (κ3) is 5.40. The predicted octanol–water partition coefficient (Wildman–Crippen LogP) is 4.17. The molecule has 1 saturated heterocycles. The molecule has 0 bridgehead atoms. The van der Waals surface area contributed by atoms with E-state index in [1.165, 1.54) is 12.2 Å². The summed E-state index contributed by atoms with van der Waals surface area (Å²) in [5, 5.41) is 0.782. The van der Waals surface area contributed by atoms with Crippen LogP contribution in [-0.2, 0) is 19.6 Å². The van der Waals surface area contributed by atoms with Crippen LogP contribution in [0.5, 0.6) is 0 Å². The van der Waals surface area contributed by atoms with Crippen LogP contribution in [0.25, 0.3) is 17.0 Å². The first-order chi connectivity index (χ1) is 15.9. The van der Waals surface area contributed by atoms with Gasteiger partial charge in [0.05, 0.1) is 4.90 Å². The molecule has 0 unspecified atom stereocenters. The molecule has 1 fully saturated rings. The lowest BCUT2D eigenvalue weighted by Gasteiger charge is -2.19. The Hall–Kier alpha value is -3.23. The zero-order valence-electron chi connectivity index (χ0n) is 18.2. The molecule has 0 spiro atoms. The van der Waals surface area contributed by atoms with Crippen molar-refractivity contribution in [2.45, 2.75) is 30.6 Å². The second-order valence-electron chi connectivity index (χ2n) is 8.00. The van der Waals surface area contributed by atoms with Crippen molar-refractivity contribution in [3.8, 4) is 0 Å². The predicted molar refractivity (Wildman–Crippen MR) is 126 cm³/mol. The minimum atomic E-state index is -3.51. The van der Waals surface area contributed by atoms with Crippen LogP contribution in [0.2, 0.25) is 0 Å². The second kappa shape index (κ2) is 10.1. The highest BCUT2D eigenvalue weighted by molar-refractivity contribution is 7.89. The molecule has 0 atom stereocenters. The van der Waals surface area contributed by atoms with E-state index in [2.05, 4.69) is 4.98 Å². The van der Waals surface area contributed by atoms with Crippen LogP contribution in [0.15, 0.2) is 65.7 Å². The van der Waals surface area contributed by atoms with Crippen LogP contribution in [0.4, 0.5) is 0 Å². The van der Waals surface area contributed by atoms with Crippen molar-refractivity contribution in [2.75, 3.05) is 19.7 Å². The molecular weight excluding hydrogens is 440 g/mol. The molecule has 1 aromatic heterocycles. The Labute approximate surface area is 193 Å². The molecule has 33 heavy (non-hydrogen) atoms. The van der Waals surface area contributed by atoms with Gasteiger partial charge in [0, 0.05) is 41.8 Å². The fourth-order valence-corrected chi connectivity index (χ4v) is 5.43. The number of carbonyl (C=O) groups is 2. The van der Waals surface area contributed by atoms with Gasteiger partial charge in [0.2, 0.25) is 15.8 Å². The molecule has 0 aliphatic carbocycles. The molecule has 0 amide bonds. The van der Waals surface area contributed by atoms with Gasteiger partial charge in [0.15, 0.2) is 6.61 Å². The number of aromatic amines is 1. The molecule has 3 aromatic rings. The summed E-state index contributed by atoms with van der Waals surface area (Å²) in [7, 11) is -3.51. The highest BCUT2D eigenvalue weighted by atomic mass is 32.2. The van der Waals surface area contributed by atoms with Gasteiger partial charge in [-0.05, 0) is 42.7 Å². The number of benzene rings is 2. The Bertz CT molecular complexity index is 1270. The van der Waals surface area contributed by atoms with Gasteiger partial charge in [0.25, 0.3) is 0 Å². The van der Waals surface area contributed by atoms with Gasteiger partial charge in [0.1, 0.15) is 0 Å². The molecule has 0 saturated carbocycles. The molecule has 1 aliphatic heterocycles. The second-order valence-corrected chi connectivity index (χ2v) is 9.94. The minimum Gasteiger partial charge on any atom is -0.454 e. The Kier molecular flexibility index (Phi) is 7.05. The third-order valence-corrected chi connectivity index (χ3v) is 7.64. The van der Waals surface area contributed by atoms with Crippen molar-refractivity contribution < 1.29 is 22.7 Å². The Morgan fingerprint density at radius 3 is 2.39 bits per heavy atom. The third-order valence-electron chi connectivity index (χ3n) is 5.73. The number of H-pyrrole nitrogens is 1. The number of hydrogen-bond donors (Lipinski definition) is 1. The number of Topliss-reactive ketones (excluding diaryl/α,β-unsaturated/α-hetero) is 1. The van der Waals surface area contributed by atoms with Gasteiger partial charge < -0.3 is 9.72 Å². The number of ether oxygens (including phenoxy) is 1. The summed E-state index contributed by atoms with van der Waals surface area (Å²) >= 11 is 0. The molecule has 4 rings (SSSR count). The quantitative estimate of drug-likeness (QED) is 0.320. The van der Waals surface area contributed by atoms with E-state index in [9.17, 15) is 18.0 Å². The summed E-state index contributed by atoms with van der Waals surface area (Å²) < 4.78 is 32.3. The van der Waals surface area contributed by atoms with Crippen LogP contribution < -0.4 is 0 Å². The highest BCUT2D eigenvalue weighted by Crippen LogP contribution is 2.21. The molecule has 8 heteroatoms. The number of rotatable bonds is 7. The van der Waals surface area contributed by atoms with E-state index in [1.54, 1.807) is 34.8 Å². The largest absolute Gasteiger partial charge is 0.454 e. The van der Waals surface area contributed by atoms with Crippen molar-refractivity contribution in [3.05, 3.63) is 71.9 Å². The molecular formula is C25H26N2O5S. The van der Waals surface area contributed by atoms with Crippen molar-refractivity contribution in [2.24, 2.45) is 0 Å². The number of aromatic nitrogens is 1. The van der Waals surface area contributed by atoms with Crippen molar-refractivity contribution in [3.63, 3.8) is 0 Å². The zero-order valence-corrected chi connectivity index (χ0v) is 19.0. The summed E-state index contributed by atoms with van der Waals surface area (Å²) in [5.41, 5.74) is 1.97. The molecule has 0 radical (unpaired) electrons. The average molecular weight is 467 g/mol. The lowest BCUT2D eigenvalue weighted by molar-refractivity contribution is -0.136. The highest BCUT2D eigenvalue weighted by Gasteiger charge is 2.24. The first-order valence-electron chi connectivity index (χ1n) is 11.0. The smallest absolute Gasteiger partial charge is 0.331 e. The summed E-state index contributed by atoms with van der Waals surface area (Å²) in [6, 6.07) is 13.8. The van der Waals surface area contributed by atoms with Crippen LogP contribution >= 0.6 is 0 Å². The monoisotopic (exact) mass is 466 g/mol. The lowest BCUT2D eigenvalue weighted by atomic mass is 10.1. The minimum absolute atomic E-state index is 0.244. The Balaban J connectivity index is 1.34. The van der Waals surface area contributed by atoms with Crippen LogP contribution in [0, 0.1) is 0 Å². The average Bonchev–Trinajstić information content (AvgIpc) is 3.06. The standard InChI is InChI=1S/C25H26N2O5S/c28-24(22-17-26-23-8-4-3-7-21(22)23)18-32-25(29)14-11-19-9-12-20(13-10-19)33(30,31)27-15-5-1-2-6-16-27/h3-4,7-14,17,26H,1-2,5-6,15-16,18H2. The maximum Gasteiger partial charge on any atom is 0.331 e. The number of hydrogen-bond acceptors (Lipinski definition) is 5. The molecule has 172 valence electrons. The lowest BCUT2D eigenvalue weighted by Crippen LogP contribution is -2.31. The number of carbonyl (C=O) groups excluding carboxylic acids is 2. The molecule has 2 heterocycles. The van der Waals surface area contributed by atoms with Gasteiger partial charge in [-0.25, -0.2) is 13.2 Å². The normalized spacial score (nSPS) is 15.5. The van der Waals surface area contributed by atoms with Crippen molar-refractivity contribution >= 4 is 38.8 Å². The number of sulfonamides is 1. The summed E-state index contributed by atoms with van der Waals surface area (Å²) in [4.78, 5) is 27.7. The topological polar surface area (TPSA) is 96.5 Å². The van der Waals surface area contributed by atoms with Crippen LogP contribution in [0.1, 0.15) is 41.6 Å². The maximum atomic E-state index is 12.8. The fraction of sp³-hybridized carbons (Fsp3) is 0.280. The summed E-state index contributed by atoms with van der Waals surface area (Å²) in [6.45, 7) is 0.734. The van der Waals surface area contributed by atoms with E-state index >= 15 is 0 Å². The zero-order chi connectivity index (χ0) is 23.3. The van der Waals surface area contributed by atoms with Gasteiger partial charge in [-0.15, -0.1) is 0 Å². The number of ketones is 1. The van der Waals surface area contributed by atoms with Gasteiger partial charge in [-0.1, -0.05) is 43.2 Å². The van der Waals surface area contributed by atoms with E-state index in [1.807, 2.05) is 24.3 Å². The van der Waals surface area contributed by atoms with Crippen LogP contribution in [0.3, 0.4) is 0 Å². The van der Waals surface area contributed by atoms with Crippen molar-refractivity contribution in [1.29, 1.82) is 0 Å². The van der Waals surface area contributed by atoms with Gasteiger partial charge in [-0.3, -0.25) is 4.79 Å². The van der Waals surface area contributed by atoms with Gasteiger partial charge >= 0.3 is 5.97 Å². The first kappa shape index (κ1) is 22.9. The Morgan fingerprint density at radius 2 is 1.67 bits per heavy atom. The molecule has 1 aliphatic rings. The Morgan fingerprint density at radius 1 is 0.970 bits per heavy atom. The van der Waals surface area contributed by atoms with E-state index < -0.39 is 16.0 Å².